The van der Waals surface area contributed by atoms with Gasteiger partial charge in [-0.25, -0.2) is 0 Å². The Morgan fingerprint density at radius 1 is 0.933 bits per heavy atom. The summed E-state index contributed by atoms with van der Waals surface area (Å²) in [4.78, 5) is 28.2. The zero-order valence-electron chi connectivity index (χ0n) is 17.5. The molecule has 3 aromatic carbocycles. The molecule has 0 spiro atoms. The Morgan fingerprint density at radius 3 is 2.20 bits per heavy atom. The van der Waals surface area contributed by atoms with E-state index in [1.165, 1.54) is 0 Å². The first-order valence-electron chi connectivity index (χ1n) is 10.1. The second-order valence-corrected chi connectivity index (χ2v) is 8.13. The Balaban J connectivity index is 1.71. The summed E-state index contributed by atoms with van der Waals surface area (Å²) in [5, 5.41) is 11.5. The Hall–Kier alpha value is -3.24. The highest BCUT2D eigenvalue weighted by Gasteiger charge is 2.50. The number of hydrogen-bond acceptors (Lipinski definition) is 3. The van der Waals surface area contributed by atoms with Gasteiger partial charge in [0.1, 0.15) is 0 Å². The minimum Gasteiger partial charge on any atom is -0.375 e. The van der Waals surface area contributed by atoms with E-state index in [0.717, 1.165) is 22.3 Å². The largest absolute Gasteiger partial charge is 0.375 e. The van der Waals surface area contributed by atoms with Crippen LogP contribution in [-0.2, 0) is 16.9 Å². The van der Waals surface area contributed by atoms with Crippen molar-refractivity contribution < 1.29 is 14.7 Å². The van der Waals surface area contributed by atoms with E-state index < -0.39 is 11.5 Å². The summed E-state index contributed by atoms with van der Waals surface area (Å²) in [7, 11) is 0. The zero-order chi connectivity index (χ0) is 21.5. The Morgan fingerprint density at radius 2 is 1.53 bits per heavy atom. The predicted molar refractivity (Wildman–Crippen MR) is 118 cm³/mol. The first-order chi connectivity index (χ1) is 14.3. The van der Waals surface area contributed by atoms with Crippen molar-refractivity contribution in [3.63, 3.8) is 0 Å². The van der Waals surface area contributed by atoms with E-state index >= 15 is 0 Å². The quantitative estimate of drug-likeness (QED) is 0.637. The SMILES string of the molecule is Cc1cc(C)c(C(=O)C[C@@]2(O)C(=O)N(Cc3ccccc3)c3ccccc32)c(C)c1. The standard InChI is InChI=1S/C26H25NO3/c1-17-13-18(2)24(19(3)14-17)23(28)15-26(30)21-11-7-8-12-22(21)27(25(26)29)16-20-9-5-4-6-10-20/h4-14,30H,15-16H2,1-3H3/t26-/m0/s1. The van der Waals surface area contributed by atoms with Gasteiger partial charge in [-0.2, -0.15) is 0 Å². The van der Waals surface area contributed by atoms with E-state index in [4.69, 9.17) is 0 Å². The second-order valence-electron chi connectivity index (χ2n) is 8.13. The lowest BCUT2D eigenvalue weighted by Crippen LogP contribution is -2.41. The van der Waals surface area contributed by atoms with Crippen molar-refractivity contribution in [1.82, 2.24) is 0 Å². The third-order valence-corrected chi connectivity index (χ3v) is 5.80. The fraction of sp³-hybridized carbons (Fsp3) is 0.231. The molecule has 3 aromatic rings. The number of hydrogen-bond donors (Lipinski definition) is 1. The van der Waals surface area contributed by atoms with Crippen LogP contribution in [0, 0.1) is 20.8 Å². The number of anilines is 1. The number of fused-ring (bicyclic) bond motifs is 1. The maximum atomic E-state index is 13.4. The molecule has 0 radical (unpaired) electrons. The summed E-state index contributed by atoms with van der Waals surface area (Å²) in [6, 6.07) is 20.7. The Labute approximate surface area is 176 Å². The number of nitrogens with zero attached hydrogens (tertiary/aromatic N) is 1. The molecule has 1 aliphatic heterocycles. The number of aryl methyl sites for hydroxylation is 3. The van der Waals surface area contributed by atoms with E-state index in [-0.39, 0.29) is 12.2 Å². The summed E-state index contributed by atoms with van der Waals surface area (Å²) in [6.45, 7) is 6.11. The molecule has 30 heavy (non-hydrogen) atoms. The normalized spacial score (nSPS) is 17.9. The predicted octanol–water partition coefficient (Wildman–Crippen LogP) is 4.62. The maximum absolute atomic E-state index is 13.4. The van der Waals surface area contributed by atoms with E-state index in [1.807, 2.05) is 75.4 Å². The van der Waals surface area contributed by atoms with Crippen molar-refractivity contribution in [2.75, 3.05) is 4.90 Å². The fourth-order valence-corrected chi connectivity index (χ4v) is 4.54. The van der Waals surface area contributed by atoms with Gasteiger partial charge in [0.15, 0.2) is 11.4 Å². The highest BCUT2D eigenvalue weighted by Crippen LogP contribution is 2.43. The van der Waals surface area contributed by atoms with Gasteiger partial charge in [-0.3, -0.25) is 9.59 Å². The van der Waals surface area contributed by atoms with Gasteiger partial charge in [0.25, 0.3) is 5.91 Å². The number of rotatable bonds is 5. The average molecular weight is 399 g/mol. The second kappa shape index (κ2) is 7.54. The monoisotopic (exact) mass is 399 g/mol. The number of para-hydroxylation sites is 1. The molecule has 0 aromatic heterocycles. The molecule has 0 unspecified atom stereocenters. The zero-order valence-corrected chi connectivity index (χ0v) is 17.5. The average Bonchev–Trinajstić information content (AvgIpc) is 2.90. The van der Waals surface area contributed by atoms with Crippen LogP contribution in [0.3, 0.4) is 0 Å². The highest BCUT2D eigenvalue weighted by molar-refractivity contribution is 6.11. The van der Waals surface area contributed by atoms with Crippen LogP contribution in [0.15, 0.2) is 66.7 Å². The molecule has 0 aliphatic carbocycles. The minimum atomic E-state index is -1.87. The smallest absolute Gasteiger partial charge is 0.264 e. The van der Waals surface area contributed by atoms with Crippen LogP contribution in [-0.4, -0.2) is 16.8 Å². The van der Waals surface area contributed by atoms with Crippen molar-refractivity contribution in [2.45, 2.75) is 39.3 Å². The third kappa shape index (κ3) is 3.33. The number of amides is 1. The van der Waals surface area contributed by atoms with Crippen LogP contribution >= 0.6 is 0 Å². The van der Waals surface area contributed by atoms with Crippen molar-refractivity contribution in [1.29, 1.82) is 0 Å². The fourth-order valence-electron chi connectivity index (χ4n) is 4.54. The van der Waals surface area contributed by atoms with Gasteiger partial charge in [-0.1, -0.05) is 66.2 Å². The molecular weight excluding hydrogens is 374 g/mol. The minimum absolute atomic E-state index is 0.225. The van der Waals surface area contributed by atoms with Gasteiger partial charge in [-0.05, 0) is 43.5 Å². The number of carbonyl (C=O) groups is 2. The molecule has 0 saturated heterocycles. The van der Waals surface area contributed by atoms with Crippen LogP contribution < -0.4 is 4.90 Å². The summed E-state index contributed by atoms with van der Waals surface area (Å²) >= 11 is 0. The van der Waals surface area contributed by atoms with Crippen molar-refractivity contribution >= 4 is 17.4 Å². The summed E-state index contributed by atoms with van der Waals surface area (Å²) < 4.78 is 0. The molecular formula is C26H25NO3. The third-order valence-electron chi connectivity index (χ3n) is 5.80. The van der Waals surface area contributed by atoms with Crippen LogP contribution in [0.2, 0.25) is 0 Å². The lowest BCUT2D eigenvalue weighted by molar-refractivity contribution is -0.136. The molecule has 1 atom stereocenters. The molecule has 4 nitrogen and oxygen atoms in total. The molecule has 152 valence electrons. The van der Waals surface area contributed by atoms with Crippen molar-refractivity contribution in [3.05, 3.63) is 100 Å². The Bertz CT molecular complexity index is 1110. The highest BCUT2D eigenvalue weighted by atomic mass is 16.3. The van der Waals surface area contributed by atoms with E-state index in [2.05, 4.69) is 0 Å². The molecule has 4 rings (SSSR count). The molecule has 4 heteroatoms. The number of benzene rings is 3. The summed E-state index contributed by atoms with van der Waals surface area (Å²) in [6.07, 6.45) is -0.279. The summed E-state index contributed by atoms with van der Waals surface area (Å²) in [5.41, 5.74) is 3.62. The van der Waals surface area contributed by atoms with Gasteiger partial charge < -0.3 is 10.0 Å². The molecule has 1 N–H and O–H groups in total. The van der Waals surface area contributed by atoms with Crippen LogP contribution in [0.25, 0.3) is 0 Å². The Kier molecular flexibility index (Phi) is 5.04. The molecule has 0 saturated carbocycles. The number of aliphatic hydroxyl groups is 1. The molecule has 1 heterocycles. The van der Waals surface area contributed by atoms with Gasteiger partial charge >= 0.3 is 0 Å². The van der Waals surface area contributed by atoms with Crippen LogP contribution in [0.1, 0.15) is 44.6 Å². The lowest BCUT2D eigenvalue weighted by Gasteiger charge is -2.23. The molecule has 0 bridgehead atoms. The topological polar surface area (TPSA) is 57.6 Å². The van der Waals surface area contributed by atoms with E-state index in [9.17, 15) is 14.7 Å². The van der Waals surface area contributed by atoms with Gasteiger partial charge in [0.2, 0.25) is 0 Å². The number of Topliss-reactive ketones (excluding diaryl/α,β-unsaturated/α-hetero) is 1. The maximum Gasteiger partial charge on any atom is 0.264 e. The van der Waals surface area contributed by atoms with E-state index in [1.54, 1.807) is 17.0 Å². The van der Waals surface area contributed by atoms with Crippen molar-refractivity contribution in [3.8, 4) is 0 Å². The van der Waals surface area contributed by atoms with Crippen LogP contribution in [0.4, 0.5) is 5.69 Å². The number of ketones is 1. The lowest BCUT2D eigenvalue weighted by atomic mass is 9.85. The van der Waals surface area contributed by atoms with Gasteiger partial charge in [0.05, 0.1) is 18.7 Å². The molecule has 0 fully saturated rings. The van der Waals surface area contributed by atoms with Crippen LogP contribution in [0.5, 0.6) is 0 Å². The molecule has 1 aliphatic rings. The number of carbonyl (C=O) groups excluding carboxylic acids is 2. The van der Waals surface area contributed by atoms with Gasteiger partial charge in [-0.15, -0.1) is 0 Å². The first kappa shape index (κ1) is 20.0. The first-order valence-corrected chi connectivity index (χ1v) is 10.1. The summed E-state index contributed by atoms with van der Waals surface area (Å²) in [5.74, 6) is -0.680. The van der Waals surface area contributed by atoms with Crippen molar-refractivity contribution in [2.24, 2.45) is 0 Å². The van der Waals surface area contributed by atoms with Gasteiger partial charge in [0, 0.05) is 11.1 Å². The van der Waals surface area contributed by atoms with E-state index in [0.29, 0.717) is 23.4 Å². The molecule has 1 amide bonds.